The highest BCUT2D eigenvalue weighted by molar-refractivity contribution is 5.69. The minimum atomic E-state index is -4.62. The summed E-state index contributed by atoms with van der Waals surface area (Å²) in [5.41, 5.74) is -0.912. The fourth-order valence-corrected chi connectivity index (χ4v) is 4.13. The fourth-order valence-electron chi connectivity index (χ4n) is 4.13. The number of rotatable bonds is 4. The first kappa shape index (κ1) is 23.8. The lowest BCUT2D eigenvalue weighted by molar-refractivity contribution is -0.137. The molecule has 0 aliphatic carbocycles. The van der Waals surface area contributed by atoms with Crippen molar-refractivity contribution in [3.8, 4) is 12.1 Å². The number of benzene rings is 2. The molecule has 0 amide bonds. The molecule has 1 aliphatic heterocycles. The van der Waals surface area contributed by atoms with Crippen LogP contribution in [0.25, 0.3) is 0 Å². The number of anilines is 2. The molecule has 3 aromatic rings. The van der Waals surface area contributed by atoms with Gasteiger partial charge in [-0.1, -0.05) is 12.1 Å². The molecule has 0 spiro atoms. The number of hydrogen-bond acceptors (Lipinski definition) is 7. The van der Waals surface area contributed by atoms with Gasteiger partial charge >= 0.3 is 11.9 Å². The van der Waals surface area contributed by atoms with E-state index in [2.05, 4.69) is 10.2 Å². The van der Waals surface area contributed by atoms with Gasteiger partial charge in [-0.05, 0) is 48.4 Å². The van der Waals surface area contributed by atoms with Crippen LogP contribution >= 0.6 is 0 Å². The van der Waals surface area contributed by atoms with Crippen LogP contribution in [0.4, 0.5) is 24.8 Å². The van der Waals surface area contributed by atoms with E-state index >= 15 is 0 Å². The third-order valence-corrected chi connectivity index (χ3v) is 5.74. The Labute approximate surface area is 196 Å². The van der Waals surface area contributed by atoms with E-state index in [4.69, 9.17) is 0 Å². The van der Waals surface area contributed by atoms with E-state index in [1.54, 1.807) is 0 Å². The average molecular weight is 482 g/mol. The fraction of sp³-hybridized carbons (Fsp3) is 0.217. The minimum absolute atomic E-state index is 0.00508. The highest BCUT2D eigenvalue weighted by atomic mass is 19.4. The molecule has 1 unspecified atom stereocenters. The topological polar surface area (TPSA) is 142 Å². The van der Waals surface area contributed by atoms with Gasteiger partial charge in [0, 0.05) is 11.4 Å². The summed E-state index contributed by atoms with van der Waals surface area (Å²) in [7, 11) is 0. The Morgan fingerprint density at radius 3 is 2.57 bits per heavy atom. The number of aliphatic hydroxyl groups excluding tert-OH is 2. The van der Waals surface area contributed by atoms with E-state index in [0.717, 1.165) is 16.7 Å². The molecule has 4 rings (SSSR count). The molecule has 0 saturated heterocycles. The summed E-state index contributed by atoms with van der Waals surface area (Å²) in [4.78, 5) is 14.1. The van der Waals surface area contributed by atoms with Crippen LogP contribution in [-0.2, 0) is 6.18 Å². The summed E-state index contributed by atoms with van der Waals surface area (Å²) < 4.78 is 41.1. The van der Waals surface area contributed by atoms with Crippen LogP contribution in [0.15, 0.2) is 58.5 Å². The highest BCUT2D eigenvalue weighted by Crippen LogP contribution is 2.43. The van der Waals surface area contributed by atoms with Crippen molar-refractivity contribution in [2.45, 2.75) is 25.2 Å². The number of hydrogen-bond donors (Lipinski definition) is 3. The van der Waals surface area contributed by atoms with Gasteiger partial charge in [0.1, 0.15) is 12.1 Å². The Morgan fingerprint density at radius 2 is 1.94 bits per heavy atom. The maximum absolute atomic E-state index is 13.3. The second kappa shape index (κ2) is 8.76. The number of aromatic amines is 1. The van der Waals surface area contributed by atoms with Crippen molar-refractivity contribution >= 4 is 11.6 Å². The summed E-state index contributed by atoms with van der Waals surface area (Å²) in [6.07, 6.45) is -6.04. The van der Waals surface area contributed by atoms with Gasteiger partial charge in [0.05, 0.1) is 35.4 Å². The third kappa shape index (κ3) is 3.95. The van der Waals surface area contributed by atoms with Crippen molar-refractivity contribution in [1.29, 1.82) is 10.5 Å². The Balaban J connectivity index is 2.00. The van der Waals surface area contributed by atoms with Crippen molar-refractivity contribution in [3.63, 3.8) is 0 Å². The quantitative estimate of drug-likeness (QED) is 0.519. The molecule has 0 bridgehead atoms. The molecule has 1 aromatic heterocycles. The van der Waals surface area contributed by atoms with Crippen LogP contribution in [0, 0.1) is 22.7 Å². The van der Waals surface area contributed by atoms with E-state index in [1.165, 1.54) is 42.2 Å². The summed E-state index contributed by atoms with van der Waals surface area (Å²) >= 11 is 0. The molecular weight excluding hydrogens is 465 g/mol. The van der Waals surface area contributed by atoms with Gasteiger partial charge in [-0.25, -0.2) is 14.5 Å². The zero-order valence-corrected chi connectivity index (χ0v) is 18.1. The maximum atomic E-state index is 13.3. The zero-order valence-electron chi connectivity index (χ0n) is 18.1. The van der Waals surface area contributed by atoms with Crippen molar-refractivity contribution in [1.82, 2.24) is 14.8 Å². The Kier molecular flexibility index (Phi) is 5.94. The van der Waals surface area contributed by atoms with Gasteiger partial charge in [-0.15, -0.1) is 5.10 Å². The van der Waals surface area contributed by atoms with Gasteiger partial charge in [-0.3, -0.25) is 4.90 Å². The summed E-state index contributed by atoms with van der Waals surface area (Å²) in [6, 6.07) is 11.4. The van der Waals surface area contributed by atoms with E-state index in [9.17, 15) is 38.7 Å². The van der Waals surface area contributed by atoms with Gasteiger partial charge in [0.15, 0.2) is 0 Å². The number of nitriles is 2. The number of nitrogens with one attached hydrogen (secondary N) is 1. The predicted molar refractivity (Wildman–Crippen MR) is 116 cm³/mol. The number of halogens is 3. The third-order valence-electron chi connectivity index (χ3n) is 5.74. The second-order valence-corrected chi connectivity index (χ2v) is 7.75. The average Bonchev–Trinajstić information content (AvgIpc) is 3.22. The van der Waals surface area contributed by atoms with E-state index in [-0.39, 0.29) is 39.6 Å². The molecule has 1 aliphatic rings. The molecule has 0 fully saturated rings. The number of fused-ring (bicyclic) bond motifs is 1. The van der Waals surface area contributed by atoms with Crippen LogP contribution in [0.1, 0.15) is 41.3 Å². The Morgan fingerprint density at radius 1 is 1.20 bits per heavy atom. The van der Waals surface area contributed by atoms with Crippen LogP contribution < -0.4 is 10.6 Å². The first-order valence-electron chi connectivity index (χ1n) is 10.2. The Bertz CT molecular complexity index is 1480. The molecule has 2 atom stereocenters. The Hall–Kier alpha value is -4.39. The molecule has 178 valence electrons. The number of H-pyrrole nitrogens is 1. The summed E-state index contributed by atoms with van der Waals surface area (Å²) in [5, 5.41) is 45.5. The van der Waals surface area contributed by atoms with Gasteiger partial charge in [0.2, 0.25) is 5.95 Å². The highest BCUT2D eigenvalue weighted by Gasteiger charge is 2.38. The van der Waals surface area contributed by atoms with E-state index in [1.807, 2.05) is 12.1 Å². The van der Waals surface area contributed by atoms with Crippen molar-refractivity contribution < 1.29 is 23.4 Å². The largest absolute Gasteiger partial charge is 0.416 e. The van der Waals surface area contributed by atoms with Gasteiger partial charge in [0.25, 0.3) is 0 Å². The monoisotopic (exact) mass is 482 g/mol. The summed E-state index contributed by atoms with van der Waals surface area (Å²) in [6.45, 7) is 0.808. The number of alkyl halides is 3. The number of allylic oxidation sites excluding steroid dienone is 2. The maximum Gasteiger partial charge on any atom is 0.416 e. The van der Waals surface area contributed by atoms with Crippen molar-refractivity contribution in [3.05, 3.63) is 86.5 Å². The molecule has 2 heterocycles. The molecule has 2 aromatic carbocycles. The lowest BCUT2D eigenvalue weighted by atomic mass is 9.89. The van der Waals surface area contributed by atoms with Gasteiger partial charge < -0.3 is 10.2 Å². The first-order chi connectivity index (χ1) is 16.6. The second-order valence-electron chi connectivity index (χ2n) is 7.75. The van der Waals surface area contributed by atoms with E-state index < -0.39 is 36.2 Å². The molecule has 0 saturated carbocycles. The lowest BCUT2D eigenvalue weighted by Crippen LogP contribution is -2.35. The molecule has 0 radical (unpaired) electrons. The van der Waals surface area contributed by atoms with Crippen LogP contribution in [0.5, 0.6) is 0 Å². The number of aromatic nitrogens is 3. The van der Waals surface area contributed by atoms with E-state index in [0.29, 0.717) is 0 Å². The van der Waals surface area contributed by atoms with Crippen LogP contribution in [0.3, 0.4) is 0 Å². The SMILES string of the molecule is CC1=C(C#N)C(c2ccc(C#N)cc2[C@H](O)CO)n2c(n[nH]c2=O)N1c1cccc(C(F)(F)F)c1. The molecule has 9 nitrogen and oxygen atoms in total. The van der Waals surface area contributed by atoms with Crippen molar-refractivity contribution in [2.75, 3.05) is 11.5 Å². The molecule has 12 heteroatoms. The predicted octanol–water partition coefficient (Wildman–Crippen LogP) is 3.03. The van der Waals surface area contributed by atoms with Crippen LogP contribution in [0.2, 0.25) is 0 Å². The summed E-state index contributed by atoms with van der Waals surface area (Å²) in [5.74, 6) is -0.0791. The smallest absolute Gasteiger partial charge is 0.393 e. The first-order valence-corrected chi connectivity index (χ1v) is 10.2. The van der Waals surface area contributed by atoms with Crippen LogP contribution in [-0.4, -0.2) is 31.6 Å². The molecule has 3 N–H and O–H groups in total. The zero-order chi connectivity index (χ0) is 25.5. The van der Waals surface area contributed by atoms with Gasteiger partial charge in [-0.2, -0.15) is 23.7 Å². The number of nitrogens with zero attached hydrogens (tertiary/aromatic N) is 5. The minimum Gasteiger partial charge on any atom is -0.393 e. The lowest BCUT2D eigenvalue weighted by Gasteiger charge is -2.35. The normalized spacial score (nSPS) is 16.5. The standard InChI is InChI=1S/C23H17F3N6O3/c1-12-18(10-28)20(16-6-5-13(9-27)7-17(16)19(34)11-33)32-21(29-30-22(32)35)31(12)15-4-2-3-14(8-15)23(24,25)26/h2-8,19-20,33-34H,11H2,1H3,(H,30,35)/t19-,20?/m1/s1. The number of aliphatic hydroxyl groups is 2. The molecule has 35 heavy (non-hydrogen) atoms. The molecular formula is C23H17F3N6O3. The van der Waals surface area contributed by atoms with Crippen molar-refractivity contribution in [2.24, 2.45) is 0 Å².